The van der Waals surface area contributed by atoms with E-state index >= 15 is 0 Å². The van der Waals surface area contributed by atoms with Gasteiger partial charge in [0.2, 0.25) is 0 Å². The van der Waals surface area contributed by atoms with Gasteiger partial charge in [-0.1, -0.05) is 0 Å². The number of carbonyl (C=O) groups is 3. The topological polar surface area (TPSA) is 107 Å². The summed E-state index contributed by atoms with van der Waals surface area (Å²) in [6.07, 6.45) is -2.33. The molecule has 0 heterocycles. The Balaban J connectivity index is -0.0000000600. The minimum absolute atomic E-state index is 0. The van der Waals surface area contributed by atoms with Crippen LogP contribution >= 0.6 is 0 Å². The molecule has 0 aliphatic rings. The van der Waals surface area contributed by atoms with E-state index in [1.54, 1.807) is 0 Å². The second kappa shape index (κ2) is 14.1. The van der Waals surface area contributed by atoms with Gasteiger partial charge >= 0.3 is 49.7 Å². The molecule has 0 bridgehead atoms. The zero-order chi connectivity index (χ0) is 9.44. The molecule has 0 aromatic carbocycles. The summed E-state index contributed by atoms with van der Waals surface area (Å²) in [7, 11) is 0. The Morgan fingerprint density at radius 1 is 0.923 bits per heavy atom. The molecule has 0 aliphatic heterocycles. The molecule has 0 saturated carbocycles. The van der Waals surface area contributed by atoms with Crippen LogP contribution in [-0.2, 0) is 14.3 Å². The van der Waals surface area contributed by atoms with Gasteiger partial charge in [0, 0.05) is 13.8 Å². The van der Waals surface area contributed by atoms with Gasteiger partial charge < -0.3 is 19.7 Å². The van der Waals surface area contributed by atoms with Gasteiger partial charge in [0.25, 0.3) is 0 Å². The molecular weight excluding hydrogens is 170 g/mol. The molecule has 13 heavy (non-hydrogen) atoms. The molecular formula is C5H6Li2O6. The van der Waals surface area contributed by atoms with Crippen LogP contribution in [0, 0.1) is 0 Å². The molecule has 8 heteroatoms. The van der Waals surface area contributed by atoms with Gasteiger partial charge in [0.05, 0.1) is 0 Å². The number of carboxylic acid groups (broad SMARTS) is 2. The maximum Gasteiger partial charge on any atom is 1.00 e. The minimum atomic E-state index is -2.33. The largest absolute Gasteiger partial charge is 1.00 e. The average molecular weight is 176 g/mol. The molecule has 0 aromatic heterocycles. The summed E-state index contributed by atoms with van der Waals surface area (Å²) in [5, 5.41) is 16.7. The first-order valence-corrected chi connectivity index (χ1v) is 2.43. The third-order valence-electron chi connectivity index (χ3n) is 0.287. The van der Waals surface area contributed by atoms with Gasteiger partial charge in [-0.3, -0.25) is 9.59 Å². The van der Waals surface area contributed by atoms with E-state index in [4.69, 9.17) is 15.0 Å². The second-order valence-corrected chi connectivity index (χ2v) is 1.34. The van der Waals surface area contributed by atoms with Crippen molar-refractivity contribution in [3.8, 4) is 0 Å². The van der Waals surface area contributed by atoms with E-state index < -0.39 is 18.1 Å². The van der Waals surface area contributed by atoms with E-state index in [0.717, 1.165) is 0 Å². The van der Waals surface area contributed by atoms with Gasteiger partial charge in [0.15, 0.2) is 0 Å². The Hall–Kier alpha value is -0.395. The number of hydrogen-bond donors (Lipinski definition) is 0. The predicted octanol–water partition coefficient (Wildman–Crippen LogP) is -8.34. The Kier molecular flexibility index (Phi) is 24.9. The van der Waals surface area contributed by atoms with E-state index in [9.17, 15) is 9.59 Å². The van der Waals surface area contributed by atoms with Gasteiger partial charge in [0.1, 0.15) is 0 Å². The Morgan fingerprint density at radius 3 is 1.08 bits per heavy atom. The van der Waals surface area contributed by atoms with Crippen molar-refractivity contribution in [2.75, 3.05) is 0 Å². The monoisotopic (exact) mass is 176 g/mol. The van der Waals surface area contributed by atoms with E-state index in [2.05, 4.69) is 4.74 Å². The van der Waals surface area contributed by atoms with Crippen molar-refractivity contribution >= 4 is 18.1 Å². The summed E-state index contributed by atoms with van der Waals surface area (Å²) in [5.74, 6) is -1.12. The molecule has 0 radical (unpaired) electrons. The Labute approximate surface area is 99.0 Å². The molecule has 0 N–H and O–H groups in total. The molecule has 6 nitrogen and oxygen atoms in total. The molecule has 0 atom stereocenters. The number of ether oxygens (including phenoxy) is 1. The molecule has 0 rings (SSSR count). The summed E-state index contributed by atoms with van der Waals surface area (Å²) < 4.78 is 3.97. The van der Waals surface area contributed by atoms with E-state index in [1.165, 1.54) is 13.8 Å². The smallest absolute Gasteiger partial charge is 0.652 e. The maximum absolute atomic E-state index is 9.81. The van der Waals surface area contributed by atoms with E-state index in [-0.39, 0.29) is 37.7 Å². The first-order valence-electron chi connectivity index (χ1n) is 2.43. The molecule has 0 aliphatic carbocycles. The predicted molar refractivity (Wildman–Crippen MR) is 27.8 cm³/mol. The van der Waals surface area contributed by atoms with Crippen LogP contribution in [0.1, 0.15) is 13.8 Å². The third-order valence-corrected chi connectivity index (χ3v) is 0.287. The maximum atomic E-state index is 9.81. The first-order chi connectivity index (χ1) is 4.86. The molecule has 0 fully saturated rings. The minimum Gasteiger partial charge on any atom is -0.652 e. The quantitative estimate of drug-likeness (QED) is 0.206. The van der Waals surface area contributed by atoms with Crippen molar-refractivity contribution in [3.05, 3.63) is 0 Å². The molecule has 64 valence electrons. The van der Waals surface area contributed by atoms with Crippen LogP contribution in [0.15, 0.2) is 0 Å². The summed E-state index contributed by atoms with van der Waals surface area (Å²) >= 11 is 0. The van der Waals surface area contributed by atoms with Crippen molar-refractivity contribution in [2.45, 2.75) is 13.8 Å². The standard InChI is InChI=1S/C4H6O3.CH2O3.2Li/c1-3(5)7-4(2)6;2-1(3)4;;/h1-2H3;(H2,2,3,4);;/q;;2*+1/p-2. The summed E-state index contributed by atoms with van der Waals surface area (Å²) in [6, 6.07) is 0. The van der Waals surface area contributed by atoms with Gasteiger partial charge in [-0.15, -0.1) is 0 Å². The average Bonchev–Trinajstić information content (AvgIpc) is 1.56. The third kappa shape index (κ3) is 82.4. The van der Waals surface area contributed by atoms with E-state index in [1.807, 2.05) is 0 Å². The number of rotatable bonds is 0. The fourth-order valence-electron chi connectivity index (χ4n) is 0.202. The number of hydrogen-bond acceptors (Lipinski definition) is 6. The van der Waals surface area contributed by atoms with Crippen molar-refractivity contribution in [1.82, 2.24) is 0 Å². The van der Waals surface area contributed by atoms with Crippen LogP contribution in [0.4, 0.5) is 4.79 Å². The zero-order valence-electron chi connectivity index (χ0n) is 7.95. The summed E-state index contributed by atoms with van der Waals surface area (Å²) in [4.78, 5) is 28.0. The Bertz CT molecular complexity index is 152. The molecule has 0 saturated heterocycles. The fourth-order valence-corrected chi connectivity index (χ4v) is 0.202. The van der Waals surface area contributed by atoms with Crippen LogP contribution < -0.4 is 47.9 Å². The second-order valence-electron chi connectivity index (χ2n) is 1.34. The molecule has 0 spiro atoms. The van der Waals surface area contributed by atoms with Crippen LogP contribution in [-0.4, -0.2) is 18.1 Å². The van der Waals surface area contributed by atoms with Crippen molar-refractivity contribution < 1.29 is 67.1 Å². The SMILES string of the molecule is CC(=O)OC(C)=O.O=C([O-])[O-].[Li+].[Li+]. The molecule has 0 aromatic rings. The van der Waals surface area contributed by atoms with E-state index in [0.29, 0.717) is 0 Å². The van der Waals surface area contributed by atoms with Crippen LogP contribution in [0.5, 0.6) is 0 Å². The van der Waals surface area contributed by atoms with Crippen molar-refractivity contribution in [3.63, 3.8) is 0 Å². The van der Waals surface area contributed by atoms with Crippen LogP contribution in [0.25, 0.3) is 0 Å². The number of esters is 2. The molecule has 0 unspecified atom stereocenters. The molecule has 0 amide bonds. The summed E-state index contributed by atoms with van der Waals surface area (Å²) in [6.45, 7) is 2.36. The van der Waals surface area contributed by atoms with Gasteiger partial charge in [-0.25, -0.2) is 0 Å². The summed E-state index contributed by atoms with van der Waals surface area (Å²) in [5.41, 5.74) is 0. The number of carbonyl (C=O) groups excluding carboxylic acids is 3. The zero-order valence-corrected chi connectivity index (χ0v) is 7.95. The normalized spacial score (nSPS) is 6.00. The fraction of sp³-hybridized carbons (Fsp3) is 0.400. The van der Waals surface area contributed by atoms with Gasteiger partial charge in [-0.05, 0) is 6.16 Å². The van der Waals surface area contributed by atoms with Crippen molar-refractivity contribution in [2.24, 2.45) is 0 Å². The Morgan fingerprint density at radius 2 is 1.08 bits per heavy atom. The van der Waals surface area contributed by atoms with Crippen LogP contribution in [0.2, 0.25) is 0 Å². The first kappa shape index (κ1) is 22.9. The van der Waals surface area contributed by atoms with Crippen LogP contribution in [0.3, 0.4) is 0 Å². The van der Waals surface area contributed by atoms with Crippen molar-refractivity contribution in [1.29, 1.82) is 0 Å². The van der Waals surface area contributed by atoms with Gasteiger partial charge in [-0.2, -0.15) is 0 Å².